The largest absolute Gasteiger partial charge is 0.469 e. The maximum absolute atomic E-state index is 11.3. The standard InChI is InChI=1S/C12H23NO2/c1-11(2)5-7-12(13-3,8-6-11)9-10(14)15-4/h13H,5-9H2,1-4H3. The van der Waals surface area contributed by atoms with E-state index in [1.165, 1.54) is 20.0 Å². The fourth-order valence-electron chi connectivity index (χ4n) is 2.27. The molecular formula is C12H23NO2. The number of ether oxygens (including phenoxy) is 1. The van der Waals surface area contributed by atoms with Crippen LogP contribution in [0.15, 0.2) is 0 Å². The molecule has 1 aliphatic rings. The van der Waals surface area contributed by atoms with Crippen molar-refractivity contribution in [2.45, 2.75) is 51.5 Å². The van der Waals surface area contributed by atoms with Crippen LogP contribution in [0.2, 0.25) is 0 Å². The summed E-state index contributed by atoms with van der Waals surface area (Å²) in [6.07, 6.45) is 4.96. The molecular weight excluding hydrogens is 190 g/mol. The summed E-state index contributed by atoms with van der Waals surface area (Å²) in [6.45, 7) is 4.59. The number of carbonyl (C=O) groups is 1. The molecule has 0 bridgehead atoms. The van der Waals surface area contributed by atoms with Crippen LogP contribution < -0.4 is 5.32 Å². The van der Waals surface area contributed by atoms with Crippen LogP contribution in [-0.4, -0.2) is 25.7 Å². The van der Waals surface area contributed by atoms with Crippen LogP contribution in [0.25, 0.3) is 0 Å². The van der Waals surface area contributed by atoms with Crippen molar-refractivity contribution >= 4 is 5.97 Å². The van der Waals surface area contributed by atoms with Crippen LogP contribution in [0.4, 0.5) is 0 Å². The lowest BCUT2D eigenvalue weighted by molar-refractivity contribution is -0.143. The first-order chi connectivity index (χ1) is 6.93. The summed E-state index contributed by atoms with van der Waals surface area (Å²) in [7, 11) is 3.40. The molecule has 0 spiro atoms. The molecule has 0 heterocycles. The normalized spacial score (nSPS) is 23.5. The van der Waals surface area contributed by atoms with E-state index in [4.69, 9.17) is 4.74 Å². The van der Waals surface area contributed by atoms with Crippen LogP contribution in [0, 0.1) is 5.41 Å². The van der Waals surface area contributed by atoms with Crippen LogP contribution in [0.3, 0.4) is 0 Å². The highest BCUT2D eigenvalue weighted by molar-refractivity contribution is 5.70. The van der Waals surface area contributed by atoms with Crippen molar-refractivity contribution in [1.82, 2.24) is 5.32 Å². The molecule has 0 unspecified atom stereocenters. The van der Waals surface area contributed by atoms with Gasteiger partial charge in [-0.2, -0.15) is 0 Å². The third kappa shape index (κ3) is 3.20. The number of carbonyl (C=O) groups excluding carboxylic acids is 1. The van der Waals surface area contributed by atoms with E-state index < -0.39 is 0 Å². The molecule has 88 valence electrons. The van der Waals surface area contributed by atoms with Gasteiger partial charge in [0, 0.05) is 5.54 Å². The lowest BCUT2D eigenvalue weighted by atomic mass is 9.68. The summed E-state index contributed by atoms with van der Waals surface area (Å²) in [5.74, 6) is -0.107. The molecule has 1 saturated carbocycles. The lowest BCUT2D eigenvalue weighted by Crippen LogP contribution is -2.49. The van der Waals surface area contributed by atoms with E-state index in [1.807, 2.05) is 7.05 Å². The number of hydrogen-bond donors (Lipinski definition) is 1. The van der Waals surface area contributed by atoms with Crippen LogP contribution in [0.5, 0.6) is 0 Å². The van der Waals surface area contributed by atoms with Crippen LogP contribution in [-0.2, 0) is 9.53 Å². The van der Waals surface area contributed by atoms with Gasteiger partial charge in [0.05, 0.1) is 13.5 Å². The minimum atomic E-state index is -0.107. The van der Waals surface area contributed by atoms with Gasteiger partial charge in [0.2, 0.25) is 0 Å². The summed E-state index contributed by atoms with van der Waals surface area (Å²) >= 11 is 0. The van der Waals surface area contributed by atoms with Crippen molar-refractivity contribution < 1.29 is 9.53 Å². The van der Waals surface area contributed by atoms with E-state index in [9.17, 15) is 4.79 Å². The molecule has 0 aromatic heterocycles. The summed E-state index contributed by atoms with van der Waals surface area (Å²) in [4.78, 5) is 11.3. The molecule has 0 aliphatic heterocycles. The van der Waals surface area contributed by atoms with E-state index in [0.717, 1.165) is 12.8 Å². The second-order valence-corrected chi connectivity index (χ2v) is 5.45. The van der Waals surface area contributed by atoms with Crippen molar-refractivity contribution in [2.24, 2.45) is 5.41 Å². The Morgan fingerprint density at radius 1 is 1.27 bits per heavy atom. The van der Waals surface area contributed by atoms with Crippen molar-refractivity contribution in [1.29, 1.82) is 0 Å². The van der Waals surface area contributed by atoms with Crippen molar-refractivity contribution in [3.05, 3.63) is 0 Å². The summed E-state index contributed by atoms with van der Waals surface area (Å²) in [5, 5.41) is 3.32. The van der Waals surface area contributed by atoms with E-state index in [-0.39, 0.29) is 11.5 Å². The van der Waals surface area contributed by atoms with E-state index >= 15 is 0 Å². The molecule has 0 radical (unpaired) electrons. The van der Waals surface area contributed by atoms with Gasteiger partial charge in [0.15, 0.2) is 0 Å². The van der Waals surface area contributed by atoms with Crippen molar-refractivity contribution in [2.75, 3.05) is 14.2 Å². The number of nitrogens with one attached hydrogen (secondary N) is 1. The molecule has 0 atom stereocenters. The van der Waals surface area contributed by atoms with Gasteiger partial charge in [0.1, 0.15) is 0 Å². The second kappa shape index (κ2) is 4.52. The minimum Gasteiger partial charge on any atom is -0.469 e. The van der Waals surface area contributed by atoms with E-state index in [2.05, 4.69) is 19.2 Å². The monoisotopic (exact) mass is 213 g/mol. The number of hydrogen-bond acceptors (Lipinski definition) is 3. The van der Waals surface area contributed by atoms with E-state index in [1.54, 1.807) is 0 Å². The Kier molecular flexibility index (Phi) is 3.77. The molecule has 0 saturated heterocycles. The average molecular weight is 213 g/mol. The number of methoxy groups -OCH3 is 1. The molecule has 1 N–H and O–H groups in total. The number of esters is 1. The predicted octanol–water partition coefficient (Wildman–Crippen LogP) is 2.11. The van der Waals surface area contributed by atoms with Crippen molar-refractivity contribution in [3.8, 4) is 0 Å². The fraction of sp³-hybridized carbons (Fsp3) is 0.917. The molecule has 3 heteroatoms. The topological polar surface area (TPSA) is 38.3 Å². The smallest absolute Gasteiger partial charge is 0.307 e. The van der Waals surface area contributed by atoms with Gasteiger partial charge >= 0.3 is 5.97 Å². The molecule has 1 aliphatic carbocycles. The highest BCUT2D eigenvalue weighted by atomic mass is 16.5. The molecule has 1 rings (SSSR count). The lowest BCUT2D eigenvalue weighted by Gasteiger charge is -2.43. The Bertz CT molecular complexity index is 226. The Morgan fingerprint density at radius 2 is 1.80 bits per heavy atom. The van der Waals surface area contributed by atoms with E-state index in [0.29, 0.717) is 11.8 Å². The SMILES string of the molecule is CNC1(CC(=O)OC)CCC(C)(C)CC1. The Hall–Kier alpha value is -0.570. The Labute approximate surface area is 92.6 Å². The van der Waals surface area contributed by atoms with Crippen LogP contribution >= 0.6 is 0 Å². The molecule has 0 amide bonds. The highest BCUT2D eigenvalue weighted by Gasteiger charge is 2.38. The first-order valence-electron chi connectivity index (χ1n) is 5.69. The molecule has 15 heavy (non-hydrogen) atoms. The van der Waals surface area contributed by atoms with Gasteiger partial charge in [-0.1, -0.05) is 13.8 Å². The second-order valence-electron chi connectivity index (χ2n) is 5.45. The third-order valence-electron chi connectivity index (χ3n) is 3.80. The van der Waals surface area contributed by atoms with Crippen molar-refractivity contribution in [3.63, 3.8) is 0 Å². The molecule has 0 aromatic rings. The summed E-state index contributed by atoms with van der Waals surface area (Å²) in [6, 6.07) is 0. The first kappa shape index (κ1) is 12.5. The Morgan fingerprint density at radius 3 is 2.20 bits per heavy atom. The van der Waals surface area contributed by atoms with Gasteiger partial charge in [-0.25, -0.2) is 0 Å². The maximum atomic E-state index is 11.3. The van der Waals surface area contributed by atoms with Gasteiger partial charge < -0.3 is 10.1 Å². The summed E-state index contributed by atoms with van der Waals surface area (Å²) in [5.41, 5.74) is 0.402. The zero-order valence-electron chi connectivity index (χ0n) is 10.4. The first-order valence-corrected chi connectivity index (χ1v) is 5.69. The van der Waals surface area contributed by atoms with Gasteiger partial charge in [0.25, 0.3) is 0 Å². The molecule has 3 nitrogen and oxygen atoms in total. The quantitative estimate of drug-likeness (QED) is 0.730. The van der Waals surface area contributed by atoms with Gasteiger partial charge in [-0.3, -0.25) is 4.79 Å². The van der Waals surface area contributed by atoms with Gasteiger partial charge in [-0.15, -0.1) is 0 Å². The van der Waals surface area contributed by atoms with Gasteiger partial charge in [-0.05, 0) is 38.1 Å². The average Bonchev–Trinajstić information content (AvgIpc) is 2.22. The third-order valence-corrected chi connectivity index (χ3v) is 3.80. The molecule has 0 aromatic carbocycles. The zero-order valence-corrected chi connectivity index (χ0v) is 10.4. The number of rotatable bonds is 3. The highest BCUT2D eigenvalue weighted by Crippen LogP contribution is 2.41. The fourth-order valence-corrected chi connectivity index (χ4v) is 2.27. The Balaban J connectivity index is 2.60. The molecule has 1 fully saturated rings. The maximum Gasteiger partial charge on any atom is 0.307 e. The zero-order chi connectivity index (χ0) is 11.5. The minimum absolute atomic E-state index is 0.0252. The predicted molar refractivity (Wildman–Crippen MR) is 60.7 cm³/mol. The van der Waals surface area contributed by atoms with Crippen LogP contribution in [0.1, 0.15) is 46.0 Å². The summed E-state index contributed by atoms with van der Waals surface area (Å²) < 4.78 is 4.75.